The van der Waals surface area contributed by atoms with Crippen LogP contribution in [0.5, 0.6) is 0 Å². The van der Waals surface area contributed by atoms with Gasteiger partial charge >= 0.3 is 11.9 Å². The Balaban J connectivity index is 2.15. The van der Waals surface area contributed by atoms with Crippen LogP contribution in [0.3, 0.4) is 0 Å². The van der Waals surface area contributed by atoms with Gasteiger partial charge in [0.05, 0.1) is 18.1 Å². The molecule has 4 heteroatoms. The van der Waals surface area contributed by atoms with E-state index in [1.165, 1.54) is 7.11 Å². The van der Waals surface area contributed by atoms with Crippen molar-refractivity contribution in [2.45, 2.75) is 38.5 Å². The van der Waals surface area contributed by atoms with E-state index in [-0.39, 0.29) is 11.9 Å². The van der Waals surface area contributed by atoms with Crippen molar-refractivity contribution in [3.05, 3.63) is 35.4 Å². The summed E-state index contributed by atoms with van der Waals surface area (Å²) >= 11 is 0. The molecular formula is C16H20O4. The van der Waals surface area contributed by atoms with E-state index in [2.05, 4.69) is 4.74 Å². The Morgan fingerprint density at radius 1 is 1.30 bits per heavy atom. The molecule has 0 aliphatic heterocycles. The maximum Gasteiger partial charge on any atom is 0.337 e. The van der Waals surface area contributed by atoms with E-state index in [0.29, 0.717) is 12.0 Å². The van der Waals surface area contributed by atoms with Crippen molar-refractivity contribution in [3.63, 3.8) is 0 Å². The average molecular weight is 276 g/mol. The Kier molecular flexibility index (Phi) is 4.12. The van der Waals surface area contributed by atoms with Crippen LogP contribution < -0.4 is 0 Å². The maximum absolute atomic E-state index is 11.4. The SMILES string of the molecule is COC(=O)c1ccc(C2CCCC(C)(C(=O)O)C2)cc1. The highest BCUT2D eigenvalue weighted by atomic mass is 16.5. The molecule has 1 fully saturated rings. The van der Waals surface area contributed by atoms with Gasteiger partial charge in [-0.2, -0.15) is 0 Å². The van der Waals surface area contributed by atoms with Crippen molar-refractivity contribution in [2.75, 3.05) is 7.11 Å². The van der Waals surface area contributed by atoms with Gasteiger partial charge in [-0.1, -0.05) is 18.6 Å². The molecule has 1 aromatic carbocycles. The fourth-order valence-corrected chi connectivity index (χ4v) is 2.97. The molecule has 0 aromatic heterocycles. The zero-order valence-corrected chi connectivity index (χ0v) is 11.9. The minimum atomic E-state index is -0.714. The van der Waals surface area contributed by atoms with Crippen LogP contribution in [-0.2, 0) is 9.53 Å². The molecule has 0 bridgehead atoms. The molecule has 1 aliphatic carbocycles. The summed E-state index contributed by atoms with van der Waals surface area (Å²) in [5.41, 5.74) is 0.988. The van der Waals surface area contributed by atoms with Crippen molar-refractivity contribution in [1.29, 1.82) is 0 Å². The zero-order chi connectivity index (χ0) is 14.8. The number of rotatable bonds is 3. The average Bonchev–Trinajstić information content (AvgIpc) is 2.46. The second kappa shape index (κ2) is 5.65. The van der Waals surface area contributed by atoms with Crippen LogP contribution in [0, 0.1) is 5.41 Å². The Morgan fingerprint density at radius 2 is 1.95 bits per heavy atom. The maximum atomic E-state index is 11.4. The highest BCUT2D eigenvalue weighted by molar-refractivity contribution is 5.89. The molecule has 0 saturated heterocycles. The molecule has 1 aliphatic rings. The first-order valence-electron chi connectivity index (χ1n) is 6.88. The van der Waals surface area contributed by atoms with E-state index in [4.69, 9.17) is 0 Å². The Hall–Kier alpha value is -1.84. The molecule has 108 valence electrons. The number of esters is 1. The number of aliphatic carboxylic acids is 1. The number of hydrogen-bond donors (Lipinski definition) is 1. The molecule has 20 heavy (non-hydrogen) atoms. The molecule has 2 atom stereocenters. The molecule has 1 saturated carbocycles. The van der Waals surface area contributed by atoms with Gasteiger partial charge in [0.25, 0.3) is 0 Å². The van der Waals surface area contributed by atoms with E-state index in [0.717, 1.165) is 24.8 Å². The van der Waals surface area contributed by atoms with Gasteiger partial charge in [-0.15, -0.1) is 0 Å². The van der Waals surface area contributed by atoms with Gasteiger partial charge < -0.3 is 9.84 Å². The lowest BCUT2D eigenvalue weighted by Crippen LogP contribution is -2.32. The van der Waals surface area contributed by atoms with E-state index in [9.17, 15) is 14.7 Å². The van der Waals surface area contributed by atoms with Crippen LogP contribution in [0.25, 0.3) is 0 Å². The minimum Gasteiger partial charge on any atom is -0.481 e. The van der Waals surface area contributed by atoms with Crippen LogP contribution >= 0.6 is 0 Å². The van der Waals surface area contributed by atoms with Crippen LogP contribution in [0.15, 0.2) is 24.3 Å². The third kappa shape index (κ3) is 2.84. The van der Waals surface area contributed by atoms with Gasteiger partial charge in [-0.05, 0) is 49.8 Å². The van der Waals surface area contributed by atoms with Crippen LogP contribution in [0.4, 0.5) is 0 Å². The predicted octanol–water partition coefficient (Wildman–Crippen LogP) is 3.22. The molecule has 1 N–H and O–H groups in total. The van der Waals surface area contributed by atoms with Gasteiger partial charge in [0.1, 0.15) is 0 Å². The molecule has 0 amide bonds. The van der Waals surface area contributed by atoms with Crippen molar-refractivity contribution >= 4 is 11.9 Å². The lowest BCUT2D eigenvalue weighted by atomic mass is 9.69. The largest absolute Gasteiger partial charge is 0.481 e. The van der Waals surface area contributed by atoms with Gasteiger partial charge in [0, 0.05) is 0 Å². The summed E-state index contributed by atoms with van der Waals surface area (Å²) in [7, 11) is 1.36. The van der Waals surface area contributed by atoms with E-state index >= 15 is 0 Å². The van der Waals surface area contributed by atoms with Crippen molar-refractivity contribution in [2.24, 2.45) is 5.41 Å². The monoisotopic (exact) mass is 276 g/mol. The van der Waals surface area contributed by atoms with E-state index in [1.807, 2.05) is 19.1 Å². The molecule has 1 aromatic rings. The predicted molar refractivity (Wildman–Crippen MR) is 74.7 cm³/mol. The zero-order valence-electron chi connectivity index (χ0n) is 11.9. The van der Waals surface area contributed by atoms with E-state index < -0.39 is 11.4 Å². The highest BCUT2D eigenvalue weighted by Gasteiger charge is 2.38. The van der Waals surface area contributed by atoms with Crippen molar-refractivity contribution < 1.29 is 19.4 Å². The van der Waals surface area contributed by atoms with Crippen LogP contribution in [0.1, 0.15) is 54.4 Å². The fraction of sp³-hybridized carbons (Fsp3) is 0.500. The van der Waals surface area contributed by atoms with Gasteiger partial charge in [0.2, 0.25) is 0 Å². The normalized spacial score (nSPS) is 26.0. The number of hydrogen-bond acceptors (Lipinski definition) is 3. The van der Waals surface area contributed by atoms with E-state index in [1.54, 1.807) is 12.1 Å². The molecule has 2 rings (SSSR count). The first kappa shape index (κ1) is 14.6. The van der Waals surface area contributed by atoms with Crippen LogP contribution in [-0.4, -0.2) is 24.2 Å². The smallest absolute Gasteiger partial charge is 0.337 e. The third-order valence-electron chi connectivity index (χ3n) is 4.30. The second-order valence-electron chi connectivity index (χ2n) is 5.77. The number of carbonyl (C=O) groups excluding carboxylic acids is 1. The number of carboxylic acids is 1. The number of methoxy groups -OCH3 is 1. The molecule has 0 heterocycles. The lowest BCUT2D eigenvalue weighted by molar-refractivity contribution is -0.150. The van der Waals surface area contributed by atoms with Gasteiger partial charge in [0.15, 0.2) is 0 Å². The number of carbonyl (C=O) groups is 2. The molecule has 0 spiro atoms. The Bertz CT molecular complexity index is 506. The molecule has 4 nitrogen and oxygen atoms in total. The molecular weight excluding hydrogens is 256 g/mol. The second-order valence-corrected chi connectivity index (χ2v) is 5.77. The molecule has 0 radical (unpaired) electrons. The first-order chi connectivity index (χ1) is 9.46. The summed E-state index contributed by atoms with van der Waals surface area (Å²) in [5.74, 6) is -0.819. The number of ether oxygens (including phenoxy) is 1. The highest BCUT2D eigenvalue weighted by Crippen LogP contribution is 2.43. The van der Waals surface area contributed by atoms with Gasteiger partial charge in [-0.3, -0.25) is 4.79 Å². The first-order valence-corrected chi connectivity index (χ1v) is 6.88. The number of carboxylic acid groups (broad SMARTS) is 1. The Morgan fingerprint density at radius 3 is 2.50 bits per heavy atom. The summed E-state index contributed by atoms with van der Waals surface area (Å²) in [6.45, 7) is 1.82. The topological polar surface area (TPSA) is 63.6 Å². The van der Waals surface area contributed by atoms with Crippen LogP contribution in [0.2, 0.25) is 0 Å². The minimum absolute atomic E-state index is 0.247. The van der Waals surface area contributed by atoms with Crippen molar-refractivity contribution in [3.8, 4) is 0 Å². The third-order valence-corrected chi connectivity index (χ3v) is 4.30. The summed E-state index contributed by atoms with van der Waals surface area (Å²) in [5, 5.41) is 9.35. The number of benzene rings is 1. The quantitative estimate of drug-likeness (QED) is 0.861. The summed E-state index contributed by atoms with van der Waals surface area (Å²) in [6.07, 6.45) is 3.31. The summed E-state index contributed by atoms with van der Waals surface area (Å²) in [6, 6.07) is 7.30. The standard InChI is InChI=1S/C16H20O4/c1-16(15(18)19)9-3-4-13(10-16)11-5-7-12(8-6-11)14(17)20-2/h5-8,13H,3-4,9-10H2,1-2H3,(H,18,19). The lowest BCUT2D eigenvalue weighted by Gasteiger charge is -2.35. The summed E-state index contributed by atoms with van der Waals surface area (Å²) in [4.78, 5) is 22.8. The Labute approximate surface area is 118 Å². The molecule has 2 unspecified atom stereocenters. The fourth-order valence-electron chi connectivity index (χ4n) is 2.97. The van der Waals surface area contributed by atoms with Crippen molar-refractivity contribution in [1.82, 2.24) is 0 Å². The van der Waals surface area contributed by atoms with Gasteiger partial charge in [-0.25, -0.2) is 4.79 Å². The summed E-state index contributed by atoms with van der Waals surface area (Å²) < 4.78 is 4.67.